The molecule has 0 aliphatic heterocycles. The minimum absolute atomic E-state index is 0.0490. The summed E-state index contributed by atoms with van der Waals surface area (Å²) in [6, 6.07) is 4.10. The van der Waals surface area contributed by atoms with E-state index in [-0.39, 0.29) is 6.04 Å². The van der Waals surface area contributed by atoms with Crippen molar-refractivity contribution in [1.29, 1.82) is 0 Å². The quantitative estimate of drug-likeness (QED) is 0.444. The molecule has 0 saturated heterocycles. The molecule has 0 fully saturated rings. The summed E-state index contributed by atoms with van der Waals surface area (Å²) in [5.41, 5.74) is 6.22. The van der Waals surface area contributed by atoms with Crippen LogP contribution in [0.15, 0.2) is 12.1 Å². The van der Waals surface area contributed by atoms with Gasteiger partial charge in [-0.05, 0) is 37.5 Å². The predicted octanol–water partition coefficient (Wildman–Crippen LogP) is 2.24. The summed E-state index contributed by atoms with van der Waals surface area (Å²) in [4.78, 5) is 0. The number of aryl methyl sites for hydroxylation is 2. The molecule has 1 unspecified atom stereocenters. The molecule has 18 heavy (non-hydrogen) atoms. The van der Waals surface area contributed by atoms with Crippen molar-refractivity contribution in [2.75, 3.05) is 20.3 Å². The lowest BCUT2D eigenvalue weighted by atomic mass is 9.98. The van der Waals surface area contributed by atoms with E-state index in [0.717, 1.165) is 29.9 Å². The first-order valence-corrected chi connectivity index (χ1v) is 6.33. The van der Waals surface area contributed by atoms with Gasteiger partial charge in [0.15, 0.2) is 0 Å². The Kier molecular flexibility index (Phi) is 6.12. The second-order valence-electron chi connectivity index (χ2n) is 4.49. The van der Waals surface area contributed by atoms with Crippen molar-refractivity contribution in [3.05, 3.63) is 28.8 Å². The smallest absolute Gasteiger partial charge is 0.124 e. The Hall–Kier alpha value is -1.10. The molecule has 0 amide bonds. The molecule has 1 aromatic rings. The van der Waals surface area contributed by atoms with Gasteiger partial charge in [0.2, 0.25) is 0 Å². The molecule has 1 rings (SSSR count). The third kappa shape index (κ3) is 3.70. The minimum Gasteiger partial charge on any atom is -0.496 e. The van der Waals surface area contributed by atoms with E-state index >= 15 is 0 Å². The highest BCUT2D eigenvalue weighted by molar-refractivity contribution is 5.45. The van der Waals surface area contributed by atoms with Gasteiger partial charge >= 0.3 is 0 Å². The molecular formula is C14H24N2O2. The molecule has 4 heteroatoms. The van der Waals surface area contributed by atoms with Crippen LogP contribution in [0.5, 0.6) is 5.75 Å². The second-order valence-corrected chi connectivity index (χ2v) is 4.49. The third-order valence-corrected chi connectivity index (χ3v) is 2.90. The first-order chi connectivity index (χ1) is 8.63. The third-order valence-electron chi connectivity index (χ3n) is 2.90. The number of hydrazine groups is 1. The zero-order valence-electron chi connectivity index (χ0n) is 11.7. The Balaban J connectivity index is 2.96. The Morgan fingerprint density at radius 3 is 2.61 bits per heavy atom. The van der Waals surface area contributed by atoms with Crippen molar-refractivity contribution in [2.45, 2.75) is 33.2 Å². The Morgan fingerprint density at radius 2 is 2.06 bits per heavy atom. The van der Waals surface area contributed by atoms with Gasteiger partial charge in [0, 0.05) is 12.2 Å². The van der Waals surface area contributed by atoms with Crippen LogP contribution in [0, 0.1) is 13.8 Å². The fourth-order valence-corrected chi connectivity index (χ4v) is 2.12. The average molecular weight is 252 g/mol. The summed E-state index contributed by atoms with van der Waals surface area (Å²) < 4.78 is 11.0. The van der Waals surface area contributed by atoms with Crippen LogP contribution in [0.4, 0.5) is 0 Å². The van der Waals surface area contributed by atoms with Gasteiger partial charge in [0.25, 0.3) is 0 Å². The predicted molar refractivity (Wildman–Crippen MR) is 73.6 cm³/mol. The number of methoxy groups -OCH3 is 1. The van der Waals surface area contributed by atoms with Crippen molar-refractivity contribution in [3.8, 4) is 5.75 Å². The molecule has 0 heterocycles. The van der Waals surface area contributed by atoms with Crippen LogP contribution in [-0.4, -0.2) is 20.3 Å². The zero-order chi connectivity index (χ0) is 13.5. The van der Waals surface area contributed by atoms with Gasteiger partial charge < -0.3 is 9.47 Å². The first kappa shape index (κ1) is 15.0. The van der Waals surface area contributed by atoms with E-state index in [4.69, 9.17) is 15.3 Å². The summed E-state index contributed by atoms with van der Waals surface area (Å²) in [5.74, 6) is 6.49. The van der Waals surface area contributed by atoms with E-state index < -0.39 is 0 Å². The lowest BCUT2D eigenvalue weighted by Gasteiger charge is -2.21. The van der Waals surface area contributed by atoms with Gasteiger partial charge in [-0.15, -0.1) is 0 Å². The van der Waals surface area contributed by atoms with Gasteiger partial charge in [0.05, 0.1) is 19.8 Å². The summed E-state index contributed by atoms with van der Waals surface area (Å²) in [6.07, 6.45) is 1.00. The molecular weight excluding hydrogens is 228 g/mol. The maximum Gasteiger partial charge on any atom is 0.124 e. The molecule has 1 aromatic carbocycles. The van der Waals surface area contributed by atoms with Crippen molar-refractivity contribution >= 4 is 0 Å². The monoisotopic (exact) mass is 252 g/mol. The molecule has 0 aromatic heterocycles. The van der Waals surface area contributed by atoms with Crippen molar-refractivity contribution in [2.24, 2.45) is 5.84 Å². The van der Waals surface area contributed by atoms with Gasteiger partial charge in [-0.2, -0.15) is 0 Å². The van der Waals surface area contributed by atoms with E-state index in [0.29, 0.717) is 6.61 Å². The highest BCUT2D eigenvalue weighted by Gasteiger charge is 2.18. The number of rotatable bonds is 7. The standard InChI is InChI=1S/C14H24N2O2/c1-5-6-18-9-12(16-15)14-11(3)7-10(2)8-13(14)17-4/h7-8,12,16H,5-6,9,15H2,1-4H3. The van der Waals surface area contributed by atoms with Crippen LogP contribution in [0.25, 0.3) is 0 Å². The molecule has 0 spiro atoms. The maximum absolute atomic E-state index is 5.63. The van der Waals surface area contributed by atoms with Gasteiger partial charge in [-0.1, -0.05) is 13.0 Å². The van der Waals surface area contributed by atoms with Crippen LogP contribution in [-0.2, 0) is 4.74 Å². The highest BCUT2D eigenvalue weighted by atomic mass is 16.5. The van der Waals surface area contributed by atoms with Crippen molar-refractivity contribution in [3.63, 3.8) is 0 Å². The highest BCUT2D eigenvalue weighted by Crippen LogP contribution is 2.29. The molecule has 0 radical (unpaired) electrons. The lowest BCUT2D eigenvalue weighted by molar-refractivity contribution is 0.111. The molecule has 0 saturated carbocycles. The van der Waals surface area contributed by atoms with E-state index in [1.807, 2.05) is 6.07 Å². The number of hydrogen-bond acceptors (Lipinski definition) is 4. The van der Waals surface area contributed by atoms with Crippen LogP contribution in [0.3, 0.4) is 0 Å². The maximum atomic E-state index is 5.63. The van der Waals surface area contributed by atoms with Crippen LogP contribution >= 0.6 is 0 Å². The van der Waals surface area contributed by atoms with Crippen LogP contribution in [0.2, 0.25) is 0 Å². The van der Waals surface area contributed by atoms with E-state index in [1.165, 1.54) is 5.56 Å². The fourth-order valence-electron chi connectivity index (χ4n) is 2.12. The summed E-state index contributed by atoms with van der Waals surface area (Å²) in [7, 11) is 1.68. The fraction of sp³-hybridized carbons (Fsp3) is 0.571. The van der Waals surface area contributed by atoms with Gasteiger partial charge in [-0.25, -0.2) is 0 Å². The first-order valence-electron chi connectivity index (χ1n) is 6.33. The van der Waals surface area contributed by atoms with Gasteiger partial charge in [0.1, 0.15) is 5.75 Å². The molecule has 0 aliphatic carbocycles. The minimum atomic E-state index is -0.0490. The van der Waals surface area contributed by atoms with E-state index in [2.05, 4.69) is 32.3 Å². The van der Waals surface area contributed by atoms with Gasteiger partial charge in [-0.3, -0.25) is 11.3 Å². The number of nitrogens with two attached hydrogens (primary N) is 1. The zero-order valence-corrected chi connectivity index (χ0v) is 11.7. The molecule has 3 N–H and O–H groups in total. The summed E-state index contributed by atoms with van der Waals surface area (Å²) in [6.45, 7) is 7.49. The van der Waals surface area contributed by atoms with Crippen molar-refractivity contribution < 1.29 is 9.47 Å². The molecule has 0 bridgehead atoms. The van der Waals surface area contributed by atoms with E-state index in [9.17, 15) is 0 Å². The SMILES string of the molecule is CCCOCC(NN)c1c(C)cc(C)cc1OC. The molecule has 102 valence electrons. The Morgan fingerprint density at radius 1 is 1.33 bits per heavy atom. The number of nitrogens with one attached hydrogen (secondary N) is 1. The summed E-state index contributed by atoms with van der Waals surface area (Å²) >= 11 is 0. The number of ether oxygens (including phenoxy) is 2. The average Bonchev–Trinajstić information content (AvgIpc) is 2.35. The second kappa shape index (κ2) is 7.36. The Labute approximate surface area is 109 Å². The number of hydrogen-bond donors (Lipinski definition) is 2. The number of benzene rings is 1. The topological polar surface area (TPSA) is 56.5 Å². The summed E-state index contributed by atoms with van der Waals surface area (Å²) in [5, 5.41) is 0. The van der Waals surface area contributed by atoms with Crippen molar-refractivity contribution in [1.82, 2.24) is 5.43 Å². The largest absolute Gasteiger partial charge is 0.496 e. The van der Waals surface area contributed by atoms with Crippen LogP contribution < -0.4 is 16.0 Å². The molecule has 0 aliphatic rings. The van der Waals surface area contributed by atoms with Crippen LogP contribution in [0.1, 0.15) is 36.1 Å². The van der Waals surface area contributed by atoms with E-state index in [1.54, 1.807) is 7.11 Å². The molecule has 1 atom stereocenters. The molecule has 4 nitrogen and oxygen atoms in total. The lowest BCUT2D eigenvalue weighted by Crippen LogP contribution is -2.32. The Bertz CT molecular complexity index is 380. The normalized spacial score (nSPS) is 12.5.